The van der Waals surface area contributed by atoms with E-state index >= 15 is 0 Å². The van der Waals surface area contributed by atoms with E-state index in [4.69, 9.17) is 4.74 Å². The summed E-state index contributed by atoms with van der Waals surface area (Å²) in [7, 11) is 0. The molecular formula is C19H23N5O3. The standard InChI is InChI=1S/C19H23N5O3/c1-10(2)23-12(4)8-15(14(23)6)16(25)9-27-18(26)17-21-19-20-11(3)7-13(5)24(19)22-17/h7-8,10H,9H2,1-6H3. The van der Waals surface area contributed by atoms with Crippen LogP contribution in [0.15, 0.2) is 12.1 Å². The van der Waals surface area contributed by atoms with E-state index in [1.165, 1.54) is 4.52 Å². The molecule has 8 heteroatoms. The van der Waals surface area contributed by atoms with Crippen molar-refractivity contribution in [2.75, 3.05) is 6.61 Å². The van der Waals surface area contributed by atoms with Crippen molar-refractivity contribution < 1.29 is 14.3 Å². The molecule has 0 spiro atoms. The minimum Gasteiger partial charge on any atom is -0.451 e. The van der Waals surface area contributed by atoms with Crippen molar-refractivity contribution in [3.05, 3.63) is 46.3 Å². The molecule has 3 heterocycles. The van der Waals surface area contributed by atoms with Crippen LogP contribution in [0.25, 0.3) is 5.78 Å². The summed E-state index contributed by atoms with van der Waals surface area (Å²) in [6.45, 7) is 11.3. The molecule has 0 fully saturated rings. The molecule has 0 bridgehead atoms. The van der Waals surface area contributed by atoms with Crippen LogP contribution in [-0.2, 0) is 4.74 Å². The molecule has 0 aliphatic heterocycles. The first-order valence-electron chi connectivity index (χ1n) is 8.78. The molecular weight excluding hydrogens is 346 g/mol. The number of nitrogens with zero attached hydrogens (tertiary/aromatic N) is 5. The number of hydrogen-bond acceptors (Lipinski definition) is 6. The molecule has 0 atom stereocenters. The van der Waals surface area contributed by atoms with Gasteiger partial charge in [-0.3, -0.25) is 4.79 Å². The first-order chi connectivity index (χ1) is 12.7. The molecule has 0 unspecified atom stereocenters. The third-order valence-corrected chi connectivity index (χ3v) is 4.44. The van der Waals surface area contributed by atoms with Gasteiger partial charge in [-0.1, -0.05) is 0 Å². The molecule has 0 saturated carbocycles. The zero-order valence-electron chi connectivity index (χ0n) is 16.4. The molecule has 0 saturated heterocycles. The van der Waals surface area contributed by atoms with Crippen molar-refractivity contribution >= 4 is 17.5 Å². The highest BCUT2D eigenvalue weighted by Crippen LogP contribution is 2.20. The van der Waals surface area contributed by atoms with Crippen LogP contribution in [-0.4, -0.2) is 42.5 Å². The maximum absolute atomic E-state index is 12.5. The van der Waals surface area contributed by atoms with Crippen LogP contribution in [0, 0.1) is 27.7 Å². The van der Waals surface area contributed by atoms with Crippen LogP contribution in [0.4, 0.5) is 0 Å². The Balaban J connectivity index is 1.75. The Morgan fingerprint density at radius 1 is 1.07 bits per heavy atom. The van der Waals surface area contributed by atoms with Crippen molar-refractivity contribution in [2.45, 2.75) is 47.6 Å². The predicted molar refractivity (Wildman–Crippen MR) is 99.2 cm³/mol. The number of hydrogen-bond donors (Lipinski definition) is 0. The molecule has 0 aromatic carbocycles. The van der Waals surface area contributed by atoms with E-state index in [0.717, 1.165) is 22.8 Å². The quantitative estimate of drug-likeness (QED) is 0.507. The second-order valence-corrected chi connectivity index (χ2v) is 6.93. The lowest BCUT2D eigenvalue weighted by Gasteiger charge is -2.13. The summed E-state index contributed by atoms with van der Waals surface area (Å²) in [5.74, 6) is -0.788. The Hall–Kier alpha value is -3.03. The number of aryl methyl sites for hydroxylation is 3. The van der Waals surface area contributed by atoms with Gasteiger partial charge in [0.2, 0.25) is 5.78 Å². The van der Waals surface area contributed by atoms with Gasteiger partial charge in [0.15, 0.2) is 6.61 Å². The van der Waals surface area contributed by atoms with E-state index in [0.29, 0.717) is 11.3 Å². The average molecular weight is 369 g/mol. The minimum absolute atomic E-state index is 0.114. The molecule has 3 aromatic rings. The van der Waals surface area contributed by atoms with Crippen molar-refractivity contribution in [3.8, 4) is 0 Å². The SMILES string of the molecule is Cc1cc(C)n2nc(C(=O)OCC(=O)c3cc(C)n(C(C)C)c3C)nc2n1. The van der Waals surface area contributed by atoms with Crippen molar-refractivity contribution in [1.82, 2.24) is 24.1 Å². The van der Waals surface area contributed by atoms with Gasteiger partial charge < -0.3 is 9.30 Å². The highest BCUT2D eigenvalue weighted by Gasteiger charge is 2.21. The Morgan fingerprint density at radius 2 is 1.78 bits per heavy atom. The average Bonchev–Trinajstić information content (AvgIpc) is 3.13. The van der Waals surface area contributed by atoms with Crippen molar-refractivity contribution in [2.24, 2.45) is 0 Å². The summed E-state index contributed by atoms with van der Waals surface area (Å²) < 4.78 is 8.70. The van der Waals surface area contributed by atoms with E-state index in [1.54, 1.807) is 0 Å². The van der Waals surface area contributed by atoms with E-state index in [9.17, 15) is 9.59 Å². The summed E-state index contributed by atoms with van der Waals surface area (Å²) in [6, 6.07) is 3.91. The Labute approximate surface area is 157 Å². The third kappa shape index (κ3) is 3.47. The van der Waals surface area contributed by atoms with Crippen molar-refractivity contribution in [3.63, 3.8) is 0 Å². The Morgan fingerprint density at radius 3 is 2.41 bits per heavy atom. The fourth-order valence-corrected chi connectivity index (χ4v) is 3.38. The molecule has 0 aliphatic carbocycles. The molecule has 0 N–H and O–H groups in total. The van der Waals surface area contributed by atoms with E-state index < -0.39 is 5.97 Å². The van der Waals surface area contributed by atoms with Gasteiger partial charge in [-0.05, 0) is 53.7 Å². The lowest BCUT2D eigenvalue weighted by molar-refractivity contribution is 0.0462. The first kappa shape index (κ1) is 18.8. The second kappa shape index (κ2) is 6.94. The zero-order chi connectivity index (χ0) is 19.9. The van der Waals surface area contributed by atoms with Crippen LogP contribution in [0.2, 0.25) is 0 Å². The topological polar surface area (TPSA) is 91.4 Å². The predicted octanol–water partition coefficient (Wildman–Crippen LogP) is 2.78. The van der Waals surface area contributed by atoms with Gasteiger partial charge in [-0.15, -0.1) is 5.10 Å². The normalized spacial score (nSPS) is 11.4. The lowest BCUT2D eigenvalue weighted by atomic mass is 10.1. The molecule has 3 aromatic heterocycles. The summed E-state index contributed by atoms with van der Waals surface area (Å²) >= 11 is 0. The fraction of sp³-hybridized carbons (Fsp3) is 0.421. The third-order valence-electron chi connectivity index (χ3n) is 4.44. The van der Waals surface area contributed by atoms with Gasteiger partial charge in [-0.25, -0.2) is 14.3 Å². The minimum atomic E-state index is -0.747. The number of esters is 1. The summed E-state index contributed by atoms with van der Waals surface area (Å²) in [6.07, 6.45) is 0. The molecule has 142 valence electrons. The maximum Gasteiger partial charge on any atom is 0.378 e. The van der Waals surface area contributed by atoms with Crippen LogP contribution >= 0.6 is 0 Å². The number of carbonyl (C=O) groups is 2. The number of ketones is 1. The van der Waals surface area contributed by atoms with E-state index in [2.05, 4.69) is 33.5 Å². The molecule has 3 rings (SSSR count). The maximum atomic E-state index is 12.5. The number of aromatic nitrogens is 5. The van der Waals surface area contributed by atoms with Crippen LogP contribution in [0.1, 0.15) is 63.6 Å². The summed E-state index contributed by atoms with van der Waals surface area (Å²) in [5, 5.41) is 4.12. The van der Waals surface area contributed by atoms with Gasteiger partial charge in [-0.2, -0.15) is 4.98 Å². The van der Waals surface area contributed by atoms with Gasteiger partial charge in [0, 0.05) is 34.4 Å². The number of Topliss-reactive ketones (excluding diaryl/α,β-unsaturated/α-hetero) is 1. The summed E-state index contributed by atoms with van der Waals surface area (Å²) in [4.78, 5) is 33.1. The second-order valence-electron chi connectivity index (χ2n) is 6.93. The van der Waals surface area contributed by atoms with Crippen LogP contribution in [0.5, 0.6) is 0 Å². The van der Waals surface area contributed by atoms with Gasteiger partial charge >= 0.3 is 5.97 Å². The molecule has 0 amide bonds. The molecule has 8 nitrogen and oxygen atoms in total. The van der Waals surface area contributed by atoms with E-state index in [1.807, 2.05) is 39.8 Å². The molecule has 0 radical (unpaired) electrons. The van der Waals surface area contributed by atoms with Crippen LogP contribution in [0.3, 0.4) is 0 Å². The Kier molecular flexibility index (Phi) is 4.82. The monoisotopic (exact) mass is 369 g/mol. The molecule has 27 heavy (non-hydrogen) atoms. The zero-order valence-corrected chi connectivity index (χ0v) is 16.4. The van der Waals surface area contributed by atoms with Crippen LogP contribution < -0.4 is 0 Å². The summed E-state index contributed by atoms with van der Waals surface area (Å²) in [5.41, 5.74) is 4.01. The van der Waals surface area contributed by atoms with Gasteiger partial charge in [0.25, 0.3) is 11.6 Å². The highest BCUT2D eigenvalue weighted by atomic mass is 16.5. The number of fused-ring (bicyclic) bond motifs is 1. The first-order valence-corrected chi connectivity index (χ1v) is 8.78. The Bertz CT molecular complexity index is 1050. The molecule has 0 aliphatic rings. The van der Waals surface area contributed by atoms with E-state index in [-0.39, 0.29) is 24.3 Å². The number of rotatable bonds is 5. The highest BCUT2D eigenvalue weighted by molar-refractivity contribution is 6.00. The van der Waals surface area contributed by atoms with Gasteiger partial charge in [0.05, 0.1) is 0 Å². The number of carbonyl (C=O) groups excluding carboxylic acids is 2. The lowest BCUT2D eigenvalue weighted by Crippen LogP contribution is -2.16. The van der Waals surface area contributed by atoms with Crippen molar-refractivity contribution in [1.29, 1.82) is 0 Å². The largest absolute Gasteiger partial charge is 0.451 e. The smallest absolute Gasteiger partial charge is 0.378 e. The van der Waals surface area contributed by atoms with Gasteiger partial charge in [0.1, 0.15) is 0 Å². The fourth-order valence-electron chi connectivity index (χ4n) is 3.38. The number of ether oxygens (including phenoxy) is 1.